The molecule has 3 atom stereocenters. The van der Waals surface area contributed by atoms with Crippen LogP contribution in [0.3, 0.4) is 0 Å². The number of methoxy groups -OCH3 is 1. The zero-order valence-corrected chi connectivity index (χ0v) is 15.1. The number of carbonyl (C=O) groups excluding carboxylic acids is 1. The molecule has 6 heteroatoms. The molecule has 1 aromatic carbocycles. The van der Waals surface area contributed by atoms with Gasteiger partial charge in [-0.3, -0.25) is 9.69 Å². The van der Waals surface area contributed by atoms with Gasteiger partial charge in [-0.1, -0.05) is 12.1 Å². The number of rotatable bonds is 5. The van der Waals surface area contributed by atoms with Gasteiger partial charge in [0.05, 0.1) is 38.9 Å². The molecule has 1 amide bonds. The predicted molar refractivity (Wildman–Crippen MR) is 94.7 cm³/mol. The molecule has 2 fully saturated rings. The molecule has 6 nitrogen and oxygen atoms in total. The number of amides is 1. The molecule has 0 spiro atoms. The van der Waals surface area contributed by atoms with Crippen LogP contribution in [-0.2, 0) is 16.0 Å². The van der Waals surface area contributed by atoms with Crippen molar-refractivity contribution in [3.63, 3.8) is 0 Å². The van der Waals surface area contributed by atoms with Gasteiger partial charge in [0.1, 0.15) is 5.75 Å². The molecule has 1 saturated carbocycles. The third-order valence-corrected chi connectivity index (χ3v) is 5.47. The van der Waals surface area contributed by atoms with E-state index < -0.39 is 6.10 Å². The van der Waals surface area contributed by atoms with Crippen molar-refractivity contribution in [2.75, 3.05) is 40.5 Å². The van der Waals surface area contributed by atoms with E-state index in [2.05, 4.69) is 4.90 Å². The van der Waals surface area contributed by atoms with Crippen LogP contribution >= 0.6 is 0 Å². The predicted octanol–water partition coefficient (Wildman–Crippen LogP) is 0.920. The lowest BCUT2D eigenvalue weighted by atomic mass is 10.1. The zero-order valence-electron chi connectivity index (χ0n) is 15.1. The van der Waals surface area contributed by atoms with Gasteiger partial charge in [-0.2, -0.15) is 0 Å². The summed E-state index contributed by atoms with van der Waals surface area (Å²) in [6.07, 6.45) is 1.61. The van der Waals surface area contributed by atoms with Crippen LogP contribution in [-0.4, -0.2) is 79.5 Å². The summed E-state index contributed by atoms with van der Waals surface area (Å²) in [6.45, 7) is 3.16. The van der Waals surface area contributed by atoms with Gasteiger partial charge in [-0.25, -0.2) is 0 Å². The van der Waals surface area contributed by atoms with E-state index in [0.29, 0.717) is 6.42 Å². The van der Waals surface area contributed by atoms with E-state index in [1.54, 1.807) is 19.1 Å². The summed E-state index contributed by atoms with van der Waals surface area (Å²) >= 11 is 0. The number of nitrogens with zero attached hydrogens (tertiary/aromatic N) is 2. The van der Waals surface area contributed by atoms with Gasteiger partial charge in [-0.05, 0) is 30.5 Å². The third-order valence-electron chi connectivity index (χ3n) is 5.47. The first-order valence-corrected chi connectivity index (χ1v) is 8.98. The number of ether oxygens (including phenoxy) is 2. The fourth-order valence-corrected chi connectivity index (χ4v) is 3.90. The third kappa shape index (κ3) is 4.14. The van der Waals surface area contributed by atoms with Crippen molar-refractivity contribution in [1.82, 2.24) is 9.80 Å². The molecule has 2 aliphatic rings. The fraction of sp³-hybridized carbons (Fsp3) is 0.632. The smallest absolute Gasteiger partial charge is 0.227 e. The molecular weight excluding hydrogens is 320 g/mol. The minimum atomic E-state index is -0.497. The van der Waals surface area contributed by atoms with E-state index in [9.17, 15) is 9.90 Å². The summed E-state index contributed by atoms with van der Waals surface area (Å²) in [5.41, 5.74) is 0.954. The summed E-state index contributed by atoms with van der Waals surface area (Å²) in [6, 6.07) is 7.56. The number of carbonyl (C=O) groups is 1. The fourth-order valence-electron chi connectivity index (χ4n) is 3.90. The van der Waals surface area contributed by atoms with Crippen LogP contribution in [0, 0.1) is 0 Å². The highest BCUT2D eigenvalue weighted by Gasteiger charge is 2.41. The highest BCUT2D eigenvalue weighted by molar-refractivity contribution is 5.79. The Morgan fingerprint density at radius 2 is 1.96 bits per heavy atom. The normalized spacial score (nSPS) is 27.2. The molecule has 0 aromatic heterocycles. The Morgan fingerprint density at radius 3 is 2.60 bits per heavy atom. The first-order chi connectivity index (χ1) is 12.1. The Morgan fingerprint density at radius 1 is 1.28 bits per heavy atom. The van der Waals surface area contributed by atoms with Crippen molar-refractivity contribution in [2.45, 2.75) is 37.5 Å². The molecule has 1 aromatic rings. The SMILES string of the molecule is COc1ccc(CC(=O)N(C)[C@@H]2CC[C@@H](N3CCOCC3)[C@@H]2O)cc1. The summed E-state index contributed by atoms with van der Waals surface area (Å²) in [4.78, 5) is 16.7. The van der Waals surface area contributed by atoms with Crippen molar-refractivity contribution in [1.29, 1.82) is 0 Å². The lowest BCUT2D eigenvalue weighted by Crippen LogP contribution is -2.52. The molecule has 1 aliphatic carbocycles. The van der Waals surface area contributed by atoms with Gasteiger partial charge in [0.15, 0.2) is 0 Å². The standard InChI is InChI=1S/C19H28N2O4/c1-20(18(22)13-14-3-5-15(24-2)6-4-14)16-7-8-17(19(16)23)21-9-11-25-12-10-21/h3-6,16-17,19,23H,7-13H2,1-2H3/t16-,17-,19-/m1/s1. The molecule has 0 unspecified atom stereocenters. The first-order valence-electron chi connectivity index (χ1n) is 8.98. The molecule has 0 radical (unpaired) electrons. The lowest BCUT2D eigenvalue weighted by molar-refractivity contribution is -0.133. The molecule has 1 heterocycles. The number of aliphatic hydroxyl groups excluding tert-OH is 1. The minimum Gasteiger partial charge on any atom is -0.497 e. The number of hydrogen-bond donors (Lipinski definition) is 1. The second-order valence-electron chi connectivity index (χ2n) is 6.88. The number of benzene rings is 1. The maximum atomic E-state index is 12.6. The number of aliphatic hydroxyl groups is 1. The Labute approximate surface area is 149 Å². The number of morpholine rings is 1. The number of hydrogen-bond acceptors (Lipinski definition) is 5. The van der Waals surface area contributed by atoms with Crippen LogP contribution in [0.15, 0.2) is 24.3 Å². The number of likely N-dealkylation sites (N-methyl/N-ethyl adjacent to an activating group) is 1. The maximum absolute atomic E-state index is 12.6. The van der Waals surface area contributed by atoms with Crippen LogP contribution < -0.4 is 4.74 Å². The van der Waals surface area contributed by atoms with E-state index >= 15 is 0 Å². The summed E-state index contributed by atoms with van der Waals surface area (Å²) < 4.78 is 10.5. The Kier molecular flexibility index (Phi) is 5.93. The van der Waals surface area contributed by atoms with Gasteiger partial charge in [0.2, 0.25) is 5.91 Å². The maximum Gasteiger partial charge on any atom is 0.227 e. The monoisotopic (exact) mass is 348 g/mol. The largest absolute Gasteiger partial charge is 0.497 e. The topological polar surface area (TPSA) is 62.2 Å². The van der Waals surface area contributed by atoms with Crippen LogP contribution in [0.2, 0.25) is 0 Å². The Hall–Kier alpha value is -1.63. The van der Waals surface area contributed by atoms with Crippen molar-refractivity contribution in [2.24, 2.45) is 0 Å². The van der Waals surface area contributed by atoms with Crippen LogP contribution in [0.25, 0.3) is 0 Å². The summed E-state index contributed by atoms with van der Waals surface area (Å²) in [5, 5.41) is 10.8. The minimum absolute atomic E-state index is 0.0387. The van der Waals surface area contributed by atoms with Gasteiger partial charge in [-0.15, -0.1) is 0 Å². The average Bonchev–Trinajstić information content (AvgIpc) is 3.03. The molecule has 1 aliphatic heterocycles. The van der Waals surface area contributed by atoms with Gasteiger partial charge in [0.25, 0.3) is 0 Å². The molecule has 138 valence electrons. The van der Waals surface area contributed by atoms with Crippen LogP contribution in [0.4, 0.5) is 0 Å². The molecular formula is C19H28N2O4. The zero-order chi connectivity index (χ0) is 17.8. The second kappa shape index (κ2) is 8.17. The Balaban J connectivity index is 1.57. The molecule has 25 heavy (non-hydrogen) atoms. The van der Waals surface area contributed by atoms with Crippen LogP contribution in [0.5, 0.6) is 5.75 Å². The highest BCUT2D eigenvalue weighted by atomic mass is 16.5. The Bertz CT molecular complexity index is 571. The lowest BCUT2D eigenvalue weighted by Gasteiger charge is -2.36. The van der Waals surface area contributed by atoms with Crippen molar-refractivity contribution in [3.8, 4) is 5.75 Å². The average molecular weight is 348 g/mol. The molecule has 3 rings (SSSR count). The summed E-state index contributed by atoms with van der Waals surface area (Å²) in [5.74, 6) is 0.820. The van der Waals surface area contributed by atoms with E-state index in [-0.39, 0.29) is 18.0 Å². The van der Waals surface area contributed by atoms with E-state index in [1.807, 2.05) is 24.3 Å². The van der Waals surface area contributed by atoms with Gasteiger partial charge in [0, 0.05) is 26.2 Å². The van der Waals surface area contributed by atoms with Gasteiger partial charge >= 0.3 is 0 Å². The van der Waals surface area contributed by atoms with Crippen LogP contribution in [0.1, 0.15) is 18.4 Å². The van der Waals surface area contributed by atoms with Crippen molar-refractivity contribution in [3.05, 3.63) is 29.8 Å². The second-order valence-corrected chi connectivity index (χ2v) is 6.88. The van der Waals surface area contributed by atoms with Crippen molar-refractivity contribution >= 4 is 5.91 Å². The van der Waals surface area contributed by atoms with Gasteiger partial charge < -0.3 is 19.5 Å². The van der Waals surface area contributed by atoms with Crippen molar-refractivity contribution < 1.29 is 19.4 Å². The quantitative estimate of drug-likeness (QED) is 0.857. The van der Waals surface area contributed by atoms with E-state index in [1.165, 1.54) is 0 Å². The first kappa shape index (κ1) is 18.2. The highest BCUT2D eigenvalue weighted by Crippen LogP contribution is 2.29. The van der Waals surface area contributed by atoms with E-state index in [0.717, 1.165) is 50.5 Å². The molecule has 0 bridgehead atoms. The van der Waals surface area contributed by atoms with E-state index in [4.69, 9.17) is 9.47 Å². The molecule has 1 saturated heterocycles. The summed E-state index contributed by atoms with van der Waals surface area (Å²) in [7, 11) is 3.43. The molecule has 1 N–H and O–H groups in total.